The topological polar surface area (TPSA) is 91.4 Å². The van der Waals surface area contributed by atoms with Gasteiger partial charge in [0.05, 0.1) is 11.7 Å². The van der Waals surface area contributed by atoms with Gasteiger partial charge in [-0.15, -0.1) is 0 Å². The fourth-order valence-electron chi connectivity index (χ4n) is 2.40. The number of fused-ring (bicyclic) bond motifs is 1. The lowest BCUT2D eigenvalue weighted by Crippen LogP contribution is -2.03. The van der Waals surface area contributed by atoms with Gasteiger partial charge < -0.3 is 10.6 Å². The first-order valence-electron chi connectivity index (χ1n) is 7.62. The highest BCUT2D eigenvalue weighted by Crippen LogP contribution is 2.25. The van der Waals surface area contributed by atoms with E-state index in [1.165, 1.54) is 12.1 Å². The predicted molar refractivity (Wildman–Crippen MR) is 93.6 cm³/mol. The second kappa shape index (κ2) is 6.16. The highest BCUT2D eigenvalue weighted by Gasteiger charge is 2.10. The van der Waals surface area contributed by atoms with E-state index in [0.717, 1.165) is 22.8 Å². The largest absolute Gasteiger partial charge is 0.323 e. The summed E-state index contributed by atoms with van der Waals surface area (Å²) in [6.45, 7) is 1.92. The Kier molecular flexibility index (Phi) is 3.70. The van der Waals surface area contributed by atoms with Crippen LogP contribution in [0.2, 0.25) is 0 Å². The maximum atomic E-state index is 13.0. The van der Waals surface area contributed by atoms with E-state index >= 15 is 0 Å². The lowest BCUT2D eigenvalue weighted by Gasteiger charge is -2.10. The lowest BCUT2D eigenvalue weighted by atomic mass is 10.2. The average molecular weight is 335 g/mol. The second-order valence-corrected chi connectivity index (χ2v) is 5.46. The van der Waals surface area contributed by atoms with Crippen molar-refractivity contribution in [1.82, 2.24) is 25.1 Å². The third kappa shape index (κ3) is 3.23. The van der Waals surface area contributed by atoms with Gasteiger partial charge in [-0.25, -0.2) is 14.4 Å². The molecule has 3 aromatic heterocycles. The number of nitrogens with one attached hydrogen (secondary N) is 3. The monoisotopic (exact) mass is 335 g/mol. The fraction of sp³-hybridized carbons (Fsp3) is 0.0588. The van der Waals surface area contributed by atoms with E-state index in [9.17, 15) is 4.39 Å². The van der Waals surface area contributed by atoms with E-state index in [1.54, 1.807) is 0 Å². The molecule has 4 rings (SSSR count). The molecule has 3 N–H and O–H groups in total. The molecule has 0 atom stereocenters. The molecule has 124 valence electrons. The van der Waals surface area contributed by atoms with Crippen molar-refractivity contribution in [2.45, 2.75) is 6.92 Å². The Hall–Kier alpha value is -3.55. The van der Waals surface area contributed by atoms with Crippen molar-refractivity contribution >= 4 is 34.3 Å². The average Bonchev–Trinajstić information content (AvgIpc) is 3.02. The van der Waals surface area contributed by atoms with E-state index in [1.807, 2.05) is 37.3 Å². The summed E-state index contributed by atoms with van der Waals surface area (Å²) in [7, 11) is 0. The number of aromatic nitrogens is 5. The first-order chi connectivity index (χ1) is 12.2. The van der Waals surface area contributed by atoms with Crippen LogP contribution in [0.4, 0.5) is 27.8 Å². The minimum absolute atomic E-state index is 0.354. The number of anilines is 4. The van der Waals surface area contributed by atoms with Crippen molar-refractivity contribution in [2.75, 3.05) is 10.6 Å². The van der Waals surface area contributed by atoms with Crippen LogP contribution in [0.25, 0.3) is 10.9 Å². The van der Waals surface area contributed by atoms with Gasteiger partial charge in [-0.05, 0) is 31.2 Å². The zero-order valence-electron chi connectivity index (χ0n) is 13.3. The molecule has 0 aliphatic rings. The number of H-pyrrole nitrogens is 1. The van der Waals surface area contributed by atoms with Crippen LogP contribution in [0, 0.1) is 12.7 Å². The molecule has 7 nitrogen and oxygen atoms in total. The number of para-hydroxylation sites is 1. The molecule has 0 amide bonds. The van der Waals surface area contributed by atoms with E-state index in [-0.39, 0.29) is 0 Å². The molecule has 1 aromatic carbocycles. The molecule has 0 aliphatic carbocycles. The molecule has 0 saturated carbocycles. The van der Waals surface area contributed by atoms with Crippen LogP contribution < -0.4 is 10.6 Å². The Labute approximate surface area is 142 Å². The van der Waals surface area contributed by atoms with Crippen LogP contribution in [0.5, 0.6) is 0 Å². The molecule has 8 heteroatoms. The Morgan fingerprint density at radius 1 is 1.00 bits per heavy atom. The number of hydrogen-bond acceptors (Lipinski definition) is 6. The van der Waals surface area contributed by atoms with Gasteiger partial charge in [-0.1, -0.05) is 12.1 Å². The molecule has 3 heterocycles. The van der Waals surface area contributed by atoms with Crippen molar-refractivity contribution in [2.24, 2.45) is 0 Å². The summed E-state index contributed by atoms with van der Waals surface area (Å²) in [6.07, 6.45) is 1.13. The third-order valence-electron chi connectivity index (χ3n) is 3.52. The maximum Gasteiger partial charge on any atom is 0.230 e. The van der Waals surface area contributed by atoms with Gasteiger partial charge in [0.1, 0.15) is 17.5 Å². The minimum atomic E-state index is -0.402. The molecule has 4 aromatic rings. The standard InChI is InChI=1S/C17H14FN7/c1-10-8-15(25-24-10)21-16-12-4-2-3-5-13(12)20-17(23-16)22-14-7-6-11(18)9-19-14/h2-9H,1H3,(H3,19,20,21,22,23,24,25). The van der Waals surface area contributed by atoms with Crippen molar-refractivity contribution in [3.8, 4) is 0 Å². The minimum Gasteiger partial charge on any atom is -0.323 e. The smallest absolute Gasteiger partial charge is 0.230 e. The van der Waals surface area contributed by atoms with E-state index in [2.05, 4.69) is 35.8 Å². The number of nitrogens with zero attached hydrogens (tertiary/aromatic N) is 4. The van der Waals surface area contributed by atoms with Crippen LogP contribution in [-0.4, -0.2) is 25.1 Å². The Morgan fingerprint density at radius 2 is 1.88 bits per heavy atom. The Balaban J connectivity index is 1.73. The molecular weight excluding hydrogens is 321 g/mol. The third-order valence-corrected chi connectivity index (χ3v) is 3.52. The van der Waals surface area contributed by atoms with Gasteiger partial charge in [0, 0.05) is 17.1 Å². The molecule has 0 radical (unpaired) electrons. The highest BCUT2D eigenvalue weighted by atomic mass is 19.1. The fourth-order valence-corrected chi connectivity index (χ4v) is 2.40. The molecule has 0 saturated heterocycles. The quantitative estimate of drug-likeness (QED) is 0.527. The van der Waals surface area contributed by atoms with E-state index in [4.69, 9.17) is 0 Å². The molecule has 0 bridgehead atoms. The lowest BCUT2D eigenvalue weighted by molar-refractivity contribution is 0.622. The molecular formula is C17H14FN7. The highest BCUT2D eigenvalue weighted by molar-refractivity contribution is 5.91. The van der Waals surface area contributed by atoms with Crippen LogP contribution in [0.1, 0.15) is 5.69 Å². The normalized spacial score (nSPS) is 10.8. The molecule has 0 aliphatic heterocycles. The van der Waals surface area contributed by atoms with E-state index < -0.39 is 5.82 Å². The second-order valence-electron chi connectivity index (χ2n) is 5.46. The first-order valence-corrected chi connectivity index (χ1v) is 7.62. The maximum absolute atomic E-state index is 13.0. The van der Waals surface area contributed by atoms with E-state index in [0.29, 0.717) is 23.4 Å². The summed E-state index contributed by atoms with van der Waals surface area (Å²) in [4.78, 5) is 12.9. The summed E-state index contributed by atoms with van der Waals surface area (Å²) in [5, 5.41) is 14.1. The summed E-state index contributed by atoms with van der Waals surface area (Å²) in [5.41, 5.74) is 1.70. The van der Waals surface area contributed by atoms with Crippen molar-refractivity contribution in [3.05, 3.63) is 60.2 Å². The SMILES string of the molecule is Cc1cc(Nc2nc(Nc3ccc(F)cn3)nc3ccccc23)n[nH]1. The number of pyridine rings is 1. The van der Waals surface area contributed by atoms with Crippen LogP contribution in [-0.2, 0) is 0 Å². The molecule has 25 heavy (non-hydrogen) atoms. The van der Waals surface area contributed by atoms with Gasteiger partial charge in [0.15, 0.2) is 5.82 Å². The summed E-state index contributed by atoms with van der Waals surface area (Å²) in [5.74, 6) is 1.68. The molecule has 0 unspecified atom stereocenters. The Morgan fingerprint density at radius 3 is 2.64 bits per heavy atom. The number of benzene rings is 1. The Bertz CT molecular complexity index is 1030. The first kappa shape index (κ1) is 15.0. The molecule has 0 fully saturated rings. The number of rotatable bonds is 4. The van der Waals surface area contributed by atoms with Gasteiger partial charge in [-0.2, -0.15) is 10.1 Å². The molecule has 0 spiro atoms. The summed E-state index contributed by atoms with van der Waals surface area (Å²) < 4.78 is 13.0. The zero-order chi connectivity index (χ0) is 17.2. The van der Waals surface area contributed by atoms with Gasteiger partial charge in [-0.3, -0.25) is 5.10 Å². The number of aryl methyl sites for hydroxylation is 1. The van der Waals surface area contributed by atoms with Crippen molar-refractivity contribution in [1.29, 1.82) is 0 Å². The summed E-state index contributed by atoms with van der Waals surface area (Å²) >= 11 is 0. The number of halogens is 1. The van der Waals surface area contributed by atoms with Gasteiger partial charge in [0.25, 0.3) is 0 Å². The van der Waals surface area contributed by atoms with Crippen molar-refractivity contribution < 1.29 is 4.39 Å². The van der Waals surface area contributed by atoms with Crippen LogP contribution in [0.3, 0.4) is 0 Å². The van der Waals surface area contributed by atoms with Crippen LogP contribution in [0.15, 0.2) is 48.7 Å². The zero-order valence-corrected chi connectivity index (χ0v) is 13.3. The number of aromatic amines is 1. The van der Waals surface area contributed by atoms with Crippen molar-refractivity contribution in [3.63, 3.8) is 0 Å². The van der Waals surface area contributed by atoms with Gasteiger partial charge in [0.2, 0.25) is 5.95 Å². The number of hydrogen-bond donors (Lipinski definition) is 3. The summed E-state index contributed by atoms with van der Waals surface area (Å²) in [6, 6.07) is 12.4. The predicted octanol–water partition coefficient (Wildman–Crippen LogP) is 3.68. The van der Waals surface area contributed by atoms with Crippen LogP contribution >= 0.6 is 0 Å². The van der Waals surface area contributed by atoms with Gasteiger partial charge >= 0.3 is 0 Å².